The molecule has 0 unspecified atom stereocenters. The fourth-order valence-electron chi connectivity index (χ4n) is 1.23. The van der Waals surface area contributed by atoms with Crippen molar-refractivity contribution in [2.45, 2.75) is 0 Å². The van der Waals surface area contributed by atoms with E-state index in [1.165, 1.54) is 6.07 Å². The van der Waals surface area contributed by atoms with Crippen LogP contribution in [0.5, 0.6) is 0 Å². The zero-order chi connectivity index (χ0) is 13.3. The van der Waals surface area contributed by atoms with Crippen LogP contribution in [-0.4, -0.2) is 26.2 Å². The van der Waals surface area contributed by atoms with Crippen molar-refractivity contribution in [1.82, 2.24) is 10.2 Å². The molecule has 0 saturated heterocycles. The van der Waals surface area contributed by atoms with Crippen LogP contribution in [0.1, 0.15) is 10.7 Å². The minimum absolute atomic E-state index is 0.106. The van der Waals surface area contributed by atoms with E-state index in [2.05, 4.69) is 10.2 Å². The van der Waals surface area contributed by atoms with Crippen LogP contribution in [0.3, 0.4) is 0 Å². The first-order chi connectivity index (χ1) is 8.47. The smallest absolute Gasteiger partial charge is 0.393 e. The molecule has 2 rings (SSSR count). The highest BCUT2D eigenvalue weighted by molar-refractivity contribution is 6.31. The van der Waals surface area contributed by atoms with E-state index in [9.17, 15) is 14.9 Å². The number of hydrogen-bond donors (Lipinski definition) is 1. The summed E-state index contributed by atoms with van der Waals surface area (Å²) in [6.07, 6.45) is 0. The van der Waals surface area contributed by atoms with Crippen LogP contribution in [0.4, 0.5) is 5.69 Å². The third-order valence-electron chi connectivity index (χ3n) is 1.95. The lowest BCUT2D eigenvalue weighted by Gasteiger charge is -1.97. The van der Waals surface area contributed by atoms with Gasteiger partial charge in [0.25, 0.3) is 5.69 Å². The Bertz CT molecular complexity index is 639. The van der Waals surface area contributed by atoms with Crippen molar-refractivity contribution in [1.29, 1.82) is 0 Å². The van der Waals surface area contributed by atoms with Gasteiger partial charge in [0.15, 0.2) is 0 Å². The summed E-state index contributed by atoms with van der Waals surface area (Å²) in [6, 6.07) is 3.66. The molecule has 0 atom stereocenters. The van der Waals surface area contributed by atoms with Gasteiger partial charge in [-0.1, -0.05) is 11.6 Å². The van der Waals surface area contributed by atoms with Crippen molar-refractivity contribution in [3.63, 3.8) is 0 Å². The monoisotopic (exact) mass is 269 g/mol. The van der Waals surface area contributed by atoms with Crippen LogP contribution in [0.15, 0.2) is 22.6 Å². The number of nitro groups is 1. The first-order valence-electron chi connectivity index (χ1n) is 4.49. The predicted octanol–water partition coefficient (Wildman–Crippen LogP) is 2.00. The predicted molar refractivity (Wildman–Crippen MR) is 58.4 cm³/mol. The molecule has 9 heteroatoms. The lowest BCUT2D eigenvalue weighted by atomic mass is 10.2. The molecule has 0 radical (unpaired) electrons. The topological polar surface area (TPSA) is 119 Å². The number of hydrogen-bond acceptors (Lipinski definition) is 6. The molecule has 0 amide bonds. The van der Waals surface area contributed by atoms with Gasteiger partial charge in [0, 0.05) is 22.7 Å². The van der Waals surface area contributed by atoms with Gasteiger partial charge in [-0.3, -0.25) is 10.1 Å². The van der Waals surface area contributed by atoms with Crippen LogP contribution in [-0.2, 0) is 0 Å². The highest BCUT2D eigenvalue weighted by Gasteiger charge is 2.17. The Morgan fingerprint density at radius 2 is 2.11 bits per heavy atom. The summed E-state index contributed by atoms with van der Waals surface area (Å²) in [4.78, 5) is 20.6. The summed E-state index contributed by atoms with van der Waals surface area (Å²) in [5, 5.41) is 26.1. The summed E-state index contributed by atoms with van der Waals surface area (Å²) in [5.74, 6) is -2.14. The number of carbonyl (C=O) groups is 1. The molecule has 0 bridgehead atoms. The molecule has 1 aromatic carbocycles. The molecule has 0 saturated carbocycles. The third-order valence-corrected chi connectivity index (χ3v) is 2.17. The number of nitro benzene ring substituents is 1. The Morgan fingerprint density at radius 3 is 2.67 bits per heavy atom. The van der Waals surface area contributed by atoms with Crippen molar-refractivity contribution in [2.75, 3.05) is 0 Å². The van der Waals surface area contributed by atoms with Gasteiger partial charge in [-0.05, 0) is 6.07 Å². The Labute approximate surface area is 104 Å². The number of carboxylic acids is 1. The fourth-order valence-corrected chi connectivity index (χ4v) is 1.46. The van der Waals surface area contributed by atoms with E-state index in [4.69, 9.17) is 21.1 Å². The number of aromatic nitrogens is 2. The lowest BCUT2D eigenvalue weighted by molar-refractivity contribution is -0.384. The summed E-state index contributed by atoms with van der Waals surface area (Å²) < 4.78 is 4.82. The van der Waals surface area contributed by atoms with Crippen molar-refractivity contribution in [3.05, 3.63) is 39.2 Å². The molecule has 0 aliphatic rings. The van der Waals surface area contributed by atoms with E-state index in [1.54, 1.807) is 0 Å². The van der Waals surface area contributed by atoms with Gasteiger partial charge >= 0.3 is 11.9 Å². The van der Waals surface area contributed by atoms with Gasteiger partial charge in [0.2, 0.25) is 5.89 Å². The fraction of sp³-hybridized carbons (Fsp3) is 0. The number of halogens is 1. The standard InChI is InChI=1S/C9H4ClN3O5/c10-5-1-4(2-6(3-5)13(16)17)7-11-12-8(18-7)9(14)15/h1-3H,(H,14,15). The maximum absolute atomic E-state index is 10.6. The van der Waals surface area contributed by atoms with Crippen LogP contribution in [0.2, 0.25) is 5.02 Å². The summed E-state index contributed by atoms with van der Waals surface area (Å²) >= 11 is 5.70. The molecule has 1 heterocycles. The molecule has 0 fully saturated rings. The molecule has 0 aliphatic heterocycles. The number of non-ortho nitro benzene ring substituents is 1. The number of rotatable bonds is 3. The maximum Gasteiger partial charge on any atom is 0.393 e. The maximum atomic E-state index is 10.6. The van der Waals surface area contributed by atoms with Crippen LogP contribution in [0, 0.1) is 10.1 Å². The first-order valence-corrected chi connectivity index (χ1v) is 4.87. The van der Waals surface area contributed by atoms with Gasteiger partial charge in [0.05, 0.1) is 4.92 Å². The Balaban J connectivity index is 2.49. The summed E-state index contributed by atoms with van der Waals surface area (Å²) in [7, 11) is 0. The van der Waals surface area contributed by atoms with Crippen LogP contribution >= 0.6 is 11.6 Å². The van der Waals surface area contributed by atoms with Gasteiger partial charge in [0.1, 0.15) is 0 Å². The SMILES string of the molecule is O=C(O)c1nnc(-c2cc(Cl)cc([N+](=O)[O-])c2)o1. The summed E-state index contributed by atoms with van der Waals surface area (Å²) in [6.45, 7) is 0. The Kier molecular flexibility index (Phi) is 2.94. The highest BCUT2D eigenvalue weighted by atomic mass is 35.5. The number of nitrogens with zero attached hydrogens (tertiary/aromatic N) is 3. The third kappa shape index (κ3) is 2.28. The van der Waals surface area contributed by atoms with Crippen molar-refractivity contribution < 1.29 is 19.2 Å². The molecule has 18 heavy (non-hydrogen) atoms. The summed E-state index contributed by atoms with van der Waals surface area (Å²) in [5.41, 5.74) is -0.0817. The zero-order valence-corrected chi connectivity index (χ0v) is 9.29. The molecular weight excluding hydrogens is 266 g/mol. The Morgan fingerprint density at radius 1 is 1.39 bits per heavy atom. The van der Waals surface area contributed by atoms with Gasteiger partial charge in [-0.2, -0.15) is 0 Å². The van der Waals surface area contributed by atoms with E-state index in [0.29, 0.717) is 0 Å². The normalized spacial score (nSPS) is 10.3. The number of aromatic carboxylic acids is 1. The van der Waals surface area contributed by atoms with Crippen molar-refractivity contribution in [2.24, 2.45) is 0 Å². The molecule has 0 spiro atoms. The molecular formula is C9H4ClN3O5. The lowest BCUT2D eigenvalue weighted by Crippen LogP contribution is -1.95. The van der Waals surface area contributed by atoms with Gasteiger partial charge < -0.3 is 9.52 Å². The second-order valence-electron chi connectivity index (χ2n) is 3.17. The van der Waals surface area contributed by atoms with Crippen molar-refractivity contribution >= 4 is 23.3 Å². The molecule has 1 aromatic heterocycles. The van der Waals surface area contributed by atoms with E-state index < -0.39 is 16.8 Å². The molecule has 8 nitrogen and oxygen atoms in total. The quantitative estimate of drug-likeness (QED) is 0.668. The van der Waals surface area contributed by atoms with Crippen LogP contribution < -0.4 is 0 Å². The average molecular weight is 270 g/mol. The van der Waals surface area contributed by atoms with Gasteiger partial charge in [-0.15, -0.1) is 10.2 Å². The number of carboxylic acid groups (broad SMARTS) is 1. The van der Waals surface area contributed by atoms with Gasteiger partial charge in [-0.25, -0.2) is 4.79 Å². The van der Waals surface area contributed by atoms with E-state index in [0.717, 1.165) is 12.1 Å². The van der Waals surface area contributed by atoms with E-state index >= 15 is 0 Å². The minimum Gasteiger partial charge on any atom is -0.474 e. The molecule has 1 N–H and O–H groups in total. The molecule has 2 aromatic rings. The largest absolute Gasteiger partial charge is 0.474 e. The Hall–Kier alpha value is -2.48. The minimum atomic E-state index is -1.38. The molecule has 0 aliphatic carbocycles. The highest BCUT2D eigenvalue weighted by Crippen LogP contribution is 2.27. The zero-order valence-electron chi connectivity index (χ0n) is 8.53. The first kappa shape index (κ1) is 12.0. The average Bonchev–Trinajstić information content (AvgIpc) is 2.77. The second-order valence-corrected chi connectivity index (χ2v) is 3.61. The van der Waals surface area contributed by atoms with Crippen LogP contribution in [0.25, 0.3) is 11.5 Å². The second kappa shape index (κ2) is 4.41. The van der Waals surface area contributed by atoms with Crippen molar-refractivity contribution in [3.8, 4) is 11.5 Å². The van der Waals surface area contributed by atoms with E-state index in [1.807, 2.05) is 0 Å². The van der Waals surface area contributed by atoms with E-state index in [-0.39, 0.29) is 22.2 Å². The molecule has 92 valence electrons. The number of benzene rings is 1.